The van der Waals surface area contributed by atoms with Gasteiger partial charge in [-0.25, -0.2) is 8.78 Å². The first-order valence-corrected chi connectivity index (χ1v) is 5.82. The van der Waals surface area contributed by atoms with E-state index in [0.29, 0.717) is 15.1 Å². The molecule has 1 aromatic carbocycles. The van der Waals surface area contributed by atoms with Gasteiger partial charge in [0.15, 0.2) is 0 Å². The van der Waals surface area contributed by atoms with E-state index in [4.69, 9.17) is 11.6 Å². The van der Waals surface area contributed by atoms with Crippen molar-refractivity contribution in [3.05, 3.63) is 33.7 Å². The summed E-state index contributed by atoms with van der Waals surface area (Å²) in [4.78, 5) is 0.807. The van der Waals surface area contributed by atoms with Gasteiger partial charge in [-0.15, -0.1) is 11.3 Å². The number of hydrogen-bond acceptors (Lipinski definition) is 1. The summed E-state index contributed by atoms with van der Waals surface area (Å²) < 4.78 is 26.4. The van der Waals surface area contributed by atoms with Crippen molar-refractivity contribution in [2.45, 2.75) is 20.8 Å². The fourth-order valence-corrected chi connectivity index (χ4v) is 2.47. The van der Waals surface area contributed by atoms with Crippen molar-refractivity contribution in [3.8, 4) is 0 Å². The number of thiophene rings is 1. The maximum Gasteiger partial charge on any atom is 0.143 e. The van der Waals surface area contributed by atoms with Gasteiger partial charge in [0.25, 0.3) is 0 Å². The molecule has 2 aromatic rings. The van der Waals surface area contributed by atoms with Crippen LogP contribution in [0, 0.1) is 18.6 Å². The predicted octanol–water partition coefficient (Wildman–Crippen LogP) is 5.17. The molecule has 0 unspecified atom stereocenters. The van der Waals surface area contributed by atoms with Gasteiger partial charge >= 0.3 is 0 Å². The molecule has 0 amide bonds. The maximum absolute atomic E-state index is 13.2. The molecule has 0 atom stereocenters. The molecule has 0 radical (unpaired) electrons. The summed E-state index contributed by atoms with van der Waals surface area (Å²) in [7, 11) is 0. The second-order valence-electron chi connectivity index (χ2n) is 2.74. The number of hydrogen-bond donors (Lipinski definition) is 0. The Hall–Kier alpha value is -0.670. The van der Waals surface area contributed by atoms with Crippen molar-refractivity contribution in [3.63, 3.8) is 0 Å². The molecule has 0 bridgehead atoms. The van der Waals surface area contributed by atoms with Crippen LogP contribution in [0.2, 0.25) is 5.02 Å². The molecule has 82 valence electrons. The lowest BCUT2D eigenvalue weighted by Crippen LogP contribution is -1.78. The third-order valence-electron chi connectivity index (χ3n) is 1.81. The Kier molecular flexibility index (Phi) is 4.05. The van der Waals surface area contributed by atoms with Crippen LogP contribution in [0.3, 0.4) is 0 Å². The summed E-state index contributed by atoms with van der Waals surface area (Å²) in [5.41, 5.74) is 0. The molecule has 0 saturated heterocycles. The number of aryl methyl sites for hydroxylation is 1. The molecule has 4 heteroatoms. The van der Waals surface area contributed by atoms with Crippen LogP contribution in [0.25, 0.3) is 10.1 Å². The highest BCUT2D eigenvalue weighted by Gasteiger charge is 2.11. The van der Waals surface area contributed by atoms with Gasteiger partial charge in [-0.05, 0) is 13.0 Å². The van der Waals surface area contributed by atoms with Gasteiger partial charge in [-0.1, -0.05) is 25.4 Å². The molecular weight excluding hydrogens is 238 g/mol. The van der Waals surface area contributed by atoms with Crippen molar-refractivity contribution in [1.82, 2.24) is 0 Å². The van der Waals surface area contributed by atoms with Crippen LogP contribution < -0.4 is 0 Å². The van der Waals surface area contributed by atoms with Crippen LogP contribution in [0.4, 0.5) is 8.78 Å². The second kappa shape index (κ2) is 4.90. The first kappa shape index (κ1) is 12.4. The minimum Gasteiger partial charge on any atom is -0.207 e. The molecule has 2 rings (SSSR count). The monoisotopic (exact) mass is 248 g/mol. The van der Waals surface area contributed by atoms with Gasteiger partial charge in [0.05, 0.1) is 9.72 Å². The average Bonchev–Trinajstić information content (AvgIpc) is 2.49. The highest BCUT2D eigenvalue weighted by molar-refractivity contribution is 7.19. The highest BCUT2D eigenvalue weighted by atomic mass is 35.5. The fraction of sp³-hybridized carbons (Fsp3) is 0.273. The lowest BCUT2D eigenvalue weighted by Gasteiger charge is -1.92. The molecule has 0 nitrogen and oxygen atoms in total. The molecule has 1 aromatic heterocycles. The zero-order valence-corrected chi connectivity index (χ0v) is 10.3. The summed E-state index contributed by atoms with van der Waals surface area (Å²) in [5, 5.41) is 0.903. The lowest BCUT2D eigenvalue weighted by atomic mass is 10.2. The second-order valence-corrected chi connectivity index (χ2v) is 4.34. The first-order chi connectivity index (χ1) is 7.09. The van der Waals surface area contributed by atoms with Crippen molar-refractivity contribution in [1.29, 1.82) is 0 Å². The lowest BCUT2D eigenvalue weighted by molar-refractivity contribution is 0.593. The number of fused-ring (bicyclic) bond motifs is 1. The van der Waals surface area contributed by atoms with Gasteiger partial charge in [0.1, 0.15) is 11.6 Å². The standard InChI is InChI=1S/C9H5ClF2S.C2H6/c1-4-8(10)6-2-5(11)3-7(12)9(6)13-4;1-2/h2-3H,1H3;1-2H3. The van der Waals surface area contributed by atoms with Crippen LogP contribution in [0.1, 0.15) is 18.7 Å². The summed E-state index contributed by atoms with van der Waals surface area (Å²) in [5.74, 6) is -1.14. The molecule has 0 N–H and O–H groups in total. The molecule has 0 aliphatic heterocycles. The van der Waals surface area contributed by atoms with Crippen LogP contribution in [0.5, 0.6) is 0 Å². The molecule has 15 heavy (non-hydrogen) atoms. The normalized spacial score (nSPS) is 10.0. The van der Waals surface area contributed by atoms with E-state index in [9.17, 15) is 8.78 Å². The fourth-order valence-electron chi connectivity index (χ4n) is 1.21. The molecule has 0 spiro atoms. The average molecular weight is 249 g/mol. The summed E-state index contributed by atoms with van der Waals surface area (Å²) in [6, 6.07) is 2.12. The van der Waals surface area contributed by atoms with Crippen molar-refractivity contribution >= 4 is 33.0 Å². The van der Waals surface area contributed by atoms with Gasteiger partial charge in [-0.2, -0.15) is 0 Å². The van der Waals surface area contributed by atoms with E-state index in [1.165, 1.54) is 17.4 Å². The Morgan fingerprint density at radius 2 is 1.80 bits per heavy atom. The van der Waals surface area contributed by atoms with Gasteiger partial charge in [0.2, 0.25) is 0 Å². The Morgan fingerprint density at radius 3 is 2.40 bits per heavy atom. The number of halogens is 3. The van der Waals surface area contributed by atoms with E-state index in [-0.39, 0.29) is 0 Å². The first-order valence-electron chi connectivity index (χ1n) is 4.63. The maximum atomic E-state index is 13.2. The molecule has 1 heterocycles. The van der Waals surface area contributed by atoms with E-state index >= 15 is 0 Å². The van der Waals surface area contributed by atoms with Crippen molar-refractivity contribution < 1.29 is 8.78 Å². The van der Waals surface area contributed by atoms with Gasteiger partial charge < -0.3 is 0 Å². The Morgan fingerprint density at radius 1 is 1.20 bits per heavy atom. The smallest absolute Gasteiger partial charge is 0.143 e. The topological polar surface area (TPSA) is 0 Å². The zero-order valence-electron chi connectivity index (χ0n) is 8.70. The van der Waals surface area contributed by atoms with Crippen LogP contribution >= 0.6 is 22.9 Å². The van der Waals surface area contributed by atoms with E-state index in [0.717, 1.165) is 10.9 Å². The van der Waals surface area contributed by atoms with Crippen molar-refractivity contribution in [2.75, 3.05) is 0 Å². The van der Waals surface area contributed by atoms with E-state index in [1.807, 2.05) is 13.8 Å². The Bertz CT molecular complexity index is 477. The van der Waals surface area contributed by atoms with Crippen LogP contribution in [-0.2, 0) is 0 Å². The van der Waals surface area contributed by atoms with E-state index in [1.54, 1.807) is 6.92 Å². The SMILES string of the molecule is CC.Cc1sc2c(F)cc(F)cc2c1Cl. The largest absolute Gasteiger partial charge is 0.207 e. The molecule has 0 saturated carbocycles. The van der Waals surface area contributed by atoms with Crippen LogP contribution in [-0.4, -0.2) is 0 Å². The number of benzene rings is 1. The predicted molar refractivity (Wildman–Crippen MR) is 62.8 cm³/mol. The number of rotatable bonds is 0. The third kappa shape index (κ3) is 2.29. The minimum atomic E-state index is -0.593. The summed E-state index contributed by atoms with van der Waals surface area (Å²) in [6.45, 7) is 5.78. The van der Waals surface area contributed by atoms with E-state index in [2.05, 4.69) is 0 Å². The van der Waals surface area contributed by atoms with E-state index < -0.39 is 11.6 Å². The van der Waals surface area contributed by atoms with Crippen molar-refractivity contribution in [2.24, 2.45) is 0 Å². The molecule has 0 aliphatic carbocycles. The zero-order chi connectivity index (χ0) is 11.6. The van der Waals surface area contributed by atoms with Crippen LogP contribution in [0.15, 0.2) is 12.1 Å². The molecular formula is C11H11ClF2S. The molecule has 0 aliphatic rings. The quantitative estimate of drug-likeness (QED) is 0.604. The minimum absolute atomic E-state index is 0.420. The Labute approximate surface area is 96.5 Å². The summed E-state index contributed by atoms with van der Waals surface area (Å²) in [6.07, 6.45) is 0. The third-order valence-corrected chi connectivity index (χ3v) is 3.54. The highest BCUT2D eigenvalue weighted by Crippen LogP contribution is 2.36. The summed E-state index contributed by atoms with van der Waals surface area (Å²) >= 11 is 7.10. The van der Waals surface area contributed by atoms with Gasteiger partial charge in [-0.3, -0.25) is 0 Å². The van der Waals surface area contributed by atoms with Gasteiger partial charge in [0, 0.05) is 16.3 Å². The molecule has 0 fully saturated rings. The Balaban J connectivity index is 0.000000531.